The van der Waals surface area contributed by atoms with Crippen molar-refractivity contribution in [1.29, 1.82) is 0 Å². The zero-order valence-corrected chi connectivity index (χ0v) is 10.0. The third kappa shape index (κ3) is 2.08. The van der Waals surface area contributed by atoms with Crippen LogP contribution in [0.25, 0.3) is 0 Å². The van der Waals surface area contributed by atoms with Crippen LogP contribution in [0.2, 0.25) is 0 Å². The zero-order valence-electron chi connectivity index (χ0n) is 9.19. The van der Waals surface area contributed by atoms with E-state index in [1.54, 1.807) is 6.20 Å². The molecule has 0 aliphatic heterocycles. The number of nitrogens with zero attached hydrogens (tertiary/aromatic N) is 2. The Morgan fingerprint density at radius 2 is 2.47 bits per heavy atom. The van der Waals surface area contributed by atoms with Crippen molar-refractivity contribution in [3.63, 3.8) is 0 Å². The number of carbonyl (C=O) groups is 1. The molecule has 88 valence electrons. The first-order valence-corrected chi connectivity index (χ1v) is 6.45. The fourth-order valence-corrected chi connectivity index (χ4v) is 2.68. The second-order valence-corrected chi connectivity index (χ2v) is 4.94. The van der Waals surface area contributed by atoms with Crippen molar-refractivity contribution < 1.29 is 4.79 Å². The monoisotopic (exact) mass is 248 g/mol. The fourth-order valence-electron chi connectivity index (χ4n) is 2.13. The number of H-pyrrole nitrogens is 1. The van der Waals surface area contributed by atoms with Gasteiger partial charge in [0.15, 0.2) is 5.13 Å². The molecule has 2 aromatic heterocycles. The highest BCUT2D eigenvalue weighted by atomic mass is 32.1. The summed E-state index contributed by atoms with van der Waals surface area (Å²) in [6.07, 6.45) is 5.24. The minimum Gasteiger partial charge on any atom is -0.302 e. The van der Waals surface area contributed by atoms with Crippen molar-refractivity contribution >= 4 is 22.4 Å². The minimum absolute atomic E-state index is 0.0545. The topological polar surface area (TPSA) is 70.7 Å². The molecule has 2 aromatic rings. The smallest absolute Gasteiger partial charge is 0.232 e. The summed E-state index contributed by atoms with van der Waals surface area (Å²) in [4.78, 5) is 15.8. The van der Waals surface area contributed by atoms with Crippen molar-refractivity contribution in [2.45, 2.75) is 25.7 Å². The first-order chi connectivity index (χ1) is 8.33. The molecule has 1 aliphatic rings. The minimum atomic E-state index is -0.0545. The van der Waals surface area contributed by atoms with Crippen LogP contribution in [-0.4, -0.2) is 21.1 Å². The number of nitrogens with one attached hydrogen (secondary N) is 2. The van der Waals surface area contributed by atoms with Gasteiger partial charge in [-0.2, -0.15) is 5.10 Å². The zero-order chi connectivity index (χ0) is 11.7. The summed E-state index contributed by atoms with van der Waals surface area (Å²) in [5, 5.41) is 12.5. The Bertz CT molecular complexity index is 532. The van der Waals surface area contributed by atoms with Crippen LogP contribution in [-0.2, 0) is 24.1 Å². The van der Waals surface area contributed by atoms with Crippen LogP contribution in [0.5, 0.6) is 0 Å². The average molecular weight is 248 g/mol. The molecule has 2 heterocycles. The number of aryl methyl sites for hydroxylation is 1. The van der Waals surface area contributed by atoms with E-state index in [2.05, 4.69) is 20.5 Å². The third-order valence-corrected chi connectivity index (χ3v) is 3.59. The number of anilines is 1. The molecule has 0 atom stereocenters. The molecule has 0 saturated heterocycles. The van der Waals surface area contributed by atoms with Crippen LogP contribution < -0.4 is 5.32 Å². The molecule has 0 saturated carbocycles. The Balaban J connectivity index is 1.68. The second kappa shape index (κ2) is 4.29. The largest absolute Gasteiger partial charge is 0.302 e. The van der Waals surface area contributed by atoms with E-state index in [-0.39, 0.29) is 5.91 Å². The summed E-state index contributed by atoms with van der Waals surface area (Å²) < 4.78 is 0. The number of thiazole rings is 1. The number of rotatable bonds is 3. The number of carbonyl (C=O) groups excluding carboxylic acids is 1. The van der Waals surface area contributed by atoms with Crippen LogP contribution in [0.3, 0.4) is 0 Å². The normalized spacial score (nSPS) is 13.6. The molecule has 0 spiro atoms. The van der Waals surface area contributed by atoms with E-state index in [0.717, 1.165) is 25.0 Å². The highest BCUT2D eigenvalue weighted by Crippen LogP contribution is 2.23. The summed E-state index contributed by atoms with van der Waals surface area (Å²) in [6, 6.07) is 0. The molecule has 2 N–H and O–H groups in total. The summed E-state index contributed by atoms with van der Waals surface area (Å²) in [5.41, 5.74) is 3.31. The molecular formula is C11H12N4OS. The van der Waals surface area contributed by atoms with E-state index in [4.69, 9.17) is 0 Å². The highest BCUT2D eigenvalue weighted by Gasteiger charge is 2.20. The van der Waals surface area contributed by atoms with E-state index in [0.29, 0.717) is 11.6 Å². The van der Waals surface area contributed by atoms with Gasteiger partial charge >= 0.3 is 0 Å². The Morgan fingerprint density at radius 3 is 3.29 bits per heavy atom. The standard InChI is InChI=1S/C11H12N4OS/c16-10(13-11-12-4-5-17-11)6-9-7-2-1-3-8(7)14-15-9/h4-5H,1-3,6H2,(H,14,15)(H,12,13,16). The van der Waals surface area contributed by atoms with E-state index in [1.165, 1.54) is 22.6 Å². The molecule has 0 aromatic carbocycles. The maximum absolute atomic E-state index is 11.8. The number of hydrogen-bond acceptors (Lipinski definition) is 4. The van der Waals surface area contributed by atoms with Crippen molar-refractivity contribution in [3.05, 3.63) is 28.5 Å². The fraction of sp³-hybridized carbons (Fsp3) is 0.364. The lowest BCUT2D eigenvalue weighted by Gasteiger charge is -2.00. The van der Waals surface area contributed by atoms with Gasteiger partial charge < -0.3 is 5.32 Å². The summed E-state index contributed by atoms with van der Waals surface area (Å²) in [7, 11) is 0. The van der Waals surface area contributed by atoms with E-state index < -0.39 is 0 Å². The molecule has 6 heteroatoms. The van der Waals surface area contributed by atoms with Gasteiger partial charge in [-0.05, 0) is 24.8 Å². The first-order valence-electron chi connectivity index (χ1n) is 5.57. The van der Waals surface area contributed by atoms with E-state index >= 15 is 0 Å². The number of amides is 1. The van der Waals surface area contributed by atoms with Crippen molar-refractivity contribution in [1.82, 2.24) is 15.2 Å². The first kappa shape index (κ1) is 10.5. The summed E-state index contributed by atoms with van der Waals surface area (Å²) in [5.74, 6) is -0.0545. The molecular weight excluding hydrogens is 236 g/mol. The Labute approximate surface area is 102 Å². The average Bonchev–Trinajstić information content (AvgIpc) is 2.97. The predicted octanol–water partition coefficient (Wildman–Crippen LogP) is 1.54. The lowest BCUT2D eigenvalue weighted by Crippen LogP contribution is -2.15. The molecule has 0 unspecified atom stereocenters. The van der Waals surface area contributed by atoms with Crippen molar-refractivity contribution in [2.75, 3.05) is 5.32 Å². The summed E-state index contributed by atoms with van der Waals surface area (Å²) in [6.45, 7) is 0. The third-order valence-electron chi connectivity index (χ3n) is 2.90. The van der Waals surface area contributed by atoms with Gasteiger partial charge in [-0.1, -0.05) is 0 Å². The van der Waals surface area contributed by atoms with Gasteiger partial charge in [0.25, 0.3) is 0 Å². The Kier molecular flexibility index (Phi) is 2.64. The van der Waals surface area contributed by atoms with Gasteiger partial charge in [0.2, 0.25) is 5.91 Å². The van der Waals surface area contributed by atoms with Gasteiger partial charge in [0.05, 0.1) is 12.1 Å². The molecule has 0 bridgehead atoms. The van der Waals surface area contributed by atoms with Crippen molar-refractivity contribution in [2.24, 2.45) is 0 Å². The summed E-state index contributed by atoms with van der Waals surface area (Å²) >= 11 is 1.42. The number of aromatic amines is 1. The Morgan fingerprint density at radius 1 is 1.53 bits per heavy atom. The van der Waals surface area contributed by atoms with E-state index in [1.807, 2.05) is 5.38 Å². The van der Waals surface area contributed by atoms with Crippen LogP contribution in [0, 0.1) is 0 Å². The number of hydrogen-bond donors (Lipinski definition) is 2. The van der Waals surface area contributed by atoms with Crippen LogP contribution >= 0.6 is 11.3 Å². The SMILES string of the molecule is O=C(Cc1n[nH]c2c1CCC2)Nc1nccs1. The van der Waals surface area contributed by atoms with Crippen LogP contribution in [0.1, 0.15) is 23.4 Å². The molecule has 3 rings (SSSR count). The van der Waals surface area contributed by atoms with Crippen LogP contribution in [0.4, 0.5) is 5.13 Å². The van der Waals surface area contributed by atoms with Crippen molar-refractivity contribution in [3.8, 4) is 0 Å². The maximum atomic E-state index is 11.8. The van der Waals surface area contributed by atoms with Gasteiger partial charge in [0.1, 0.15) is 0 Å². The highest BCUT2D eigenvalue weighted by molar-refractivity contribution is 7.13. The molecule has 5 nitrogen and oxygen atoms in total. The number of fused-ring (bicyclic) bond motifs is 1. The quantitative estimate of drug-likeness (QED) is 0.865. The lowest BCUT2D eigenvalue weighted by atomic mass is 10.1. The molecule has 1 amide bonds. The Hall–Kier alpha value is -1.69. The van der Waals surface area contributed by atoms with Gasteiger partial charge in [-0.25, -0.2) is 4.98 Å². The second-order valence-electron chi connectivity index (χ2n) is 4.04. The predicted molar refractivity (Wildman–Crippen MR) is 65.1 cm³/mol. The molecule has 17 heavy (non-hydrogen) atoms. The number of aromatic nitrogens is 3. The van der Waals surface area contributed by atoms with Crippen LogP contribution in [0.15, 0.2) is 11.6 Å². The molecule has 1 aliphatic carbocycles. The maximum Gasteiger partial charge on any atom is 0.232 e. The van der Waals surface area contributed by atoms with Gasteiger partial charge in [0, 0.05) is 17.3 Å². The van der Waals surface area contributed by atoms with Gasteiger partial charge in [-0.3, -0.25) is 9.89 Å². The molecule has 0 radical (unpaired) electrons. The lowest BCUT2D eigenvalue weighted by molar-refractivity contribution is -0.115. The van der Waals surface area contributed by atoms with Gasteiger partial charge in [-0.15, -0.1) is 11.3 Å². The molecule has 0 fully saturated rings. The van der Waals surface area contributed by atoms with E-state index in [9.17, 15) is 4.79 Å².